The normalized spacial score (nSPS) is 12.1. The van der Waals surface area contributed by atoms with Crippen molar-refractivity contribution in [3.05, 3.63) is 42.2 Å². The van der Waals surface area contributed by atoms with Gasteiger partial charge in [0.1, 0.15) is 6.04 Å². The summed E-state index contributed by atoms with van der Waals surface area (Å²) in [5, 5.41) is 11.4. The number of halogens is 1. The summed E-state index contributed by atoms with van der Waals surface area (Å²) in [6, 6.07) is 5.08. The van der Waals surface area contributed by atoms with Crippen LogP contribution < -0.4 is 10.1 Å². The second-order valence-corrected chi connectivity index (χ2v) is 4.65. The number of carboxylic acid groups (broad SMARTS) is 1. The molecule has 120 valence electrons. The van der Waals surface area contributed by atoms with E-state index in [9.17, 15) is 14.0 Å². The summed E-state index contributed by atoms with van der Waals surface area (Å²) in [6.07, 6.45) is 4.14. The zero-order valence-corrected chi connectivity index (χ0v) is 12.4. The number of amides is 1. The Labute approximate surface area is 128 Å². The van der Waals surface area contributed by atoms with Crippen LogP contribution in [0.5, 0.6) is 5.75 Å². The smallest absolute Gasteiger partial charge is 0.326 e. The highest BCUT2D eigenvalue weighted by molar-refractivity contribution is 5.83. The van der Waals surface area contributed by atoms with Gasteiger partial charge in [0.2, 0.25) is 5.91 Å². The molecule has 2 N–H and O–H groups in total. The molecule has 0 radical (unpaired) electrons. The van der Waals surface area contributed by atoms with Crippen molar-refractivity contribution in [2.45, 2.75) is 32.2 Å². The lowest BCUT2D eigenvalue weighted by molar-refractivity contribution is -0.141. The second kappa shape index (κ2) is 9.55. The van der Waals surface area contributed by atoms with Gasteiger partial charge in [0.25, 0.3) is 0 Å². The Bertz CT molecular complexity index is 531. The first-order valence-corrected chi connectivity index (χ1v) is 7.05. The van der Waals surface area contributed by atoms with Crippen molar-refractivity contribution in [3.8, 4) is 5.75 Å². The molecule has 1 unspecified atom stereocenters. The first kappa shape index (κ1) is 17.7. The van der Waals surface area contributed by atoms with Crippen LogP contribution in [-0.2, 0) is 9.59 Å². The fourth-order valence-corrected chi connectivity index (χ4v) is 1.74. The van der Waals surface area contributed by atoms with Crippen molar-refractivity contribution in [1.29, 1.82) is 0 Å². The minimum atomic E-state index is -1.07. The molecule has 0 aliphatic carbocycles. The fraction of sp³-hybridized carbons (Fsp3) is 0.375. The highest BCUT2D eigenvalue weighted by Crippen LogP contribution is 2.15. The Balaban J connectivity index is 2.30. The van der Waals surface area contributed by atoms with Gasteiger partial charge in [0.05, 0.1) is 6.61 Å². The molecule has 0 aliphatic rings. The first-order valence-electron chi connectivity index (χ1n) is 7.05. The Morgan fingerprint density at radius 1 is 1.41 bits per heavy atom. The number of carbonyl (C=O) groups is 2. The summed E-state index contributed by atoms with van der Waals surface area (Å²) in [4.78, 5) is 22.6. The van der Waals surface area contributed by atoms with Gasteiger partial charge < -0.3 is 15.2 Å². The van der Waals surface area contributed by atoms with Crippen LogP contribution in [0, 0.1) is 5.82 Å². The number of hydrogen-bond acceptors (Lipinski definition) is 3. The van der Waals surface area contributed by atoms with E-state index in [0.717, 1.165) is 0 Å². The summed E-state index contributed by atoms with van der Waals surface area (Å²) in [6.45, 7) is 1.96. The maximum Gasteiger partial charge on any atom is 0.326 e. The summed E-state index contributed by atoms with van der Waals surface area (Å²) < 4.78 is 18.5. The van der Waals surface area contributed by atoms with Crippen molar-refractivity contribution < 1.29 is 23.8 Å². The van der Waals surface area contributed by atoms with Gasteiger partial charge in [-0.25, -0.2) is 9.18 Å². The highest BCUT2D eigenvalue weighted by Gasteiger charge is 2.17. The number of para-hydroxylation sites is 1. The molecular formula is C16H20FNO4. The number of rotatable bonds is 9. The van der Waals surface area contributed by atoms with Crippen LogP contribution in [0.1, 0.15) is 26.2 Å². The minimum absolute atomic E-state index is 0.119. The van der Waals surface area contributed by atoms with E-state index < -0.39 is 17.8 Å². The summed E-state index contributed by atoms with van der Waals surface area (Å²) in [7, 11) is 0. The number of allylic oxidation sites excluding steroid dienone is 1. The van der Waals surface area contributed by atoms with E-state index in [1.807, 2.05) is 0 Å². The van der Waals surface area contributed by atoms with E-state index >= 15 is 0 Å². The molecule has 0 saturated carbocycles. The van der Waals surface area contributed by atoms with E-state index in [1.54, 1.807) is 31.2 Å². The van der Waals surface area contributed by atoms with Crippen LogP contribution >= 0.6 is 0 Å². The number of carbonyl (C=O) groups excluding carboxylic acids is 1. The molecule has 0 heterocycles. The number of carboxylic acids is 1. The molecule has 0 bridgehead atoms. The van der Waals surface area contributed by atoms with Gasteiger partial charge in [0, 0.05) is 6.42 Å². The van der Waals surface area contributed by atoms with Crippen LogP contribution in [0.3, 0.4) is 0 Å². The van der Waals surface area contributed by atoms with Crippen molar-refractivity contribution in [2.24, 2.45) is 0 Å². The van der Waals surface area contributed by atoms with Gasteiger partial charge in [-0.3, -0.25) is 4.79 Å². The van der Waals surface area contributed by atoms with E-state index in [1.165, 1.54) is 12.1 Å². The maximum absolute atomic E-state index is 13.3. The van der Waals surface area contributed by atoms with E-state index in [4.69, 9.17) is 9.84 Å². The van der Waals surface area contributed by atoms with Gasteiger partial charge in [-0.2, -0.15) is 0 Å². The van der Waals surface area contributed by atoms with Gasteiger partial charge in [-0.1, -0.05) is 24.3 Å². The number of nitrogens with one attached hydrogen (secondary N) is 1. The Morgan fingerprint density at radius 2 is 2.14 bits per heavy atom. The molecule has 5 nitrogen and oxygen atoms in total. The maximum atomic E-state index is 13.3. The van der Waals surface area contributed by atoms with Gasteiger partial charge in [0.15, 0.2) is 11.6 Å². The molecule has 1 aromatic rings. The van der Waals surface area contributed by atoms with Gasteiger partial charge in [-0.05, 0) is 31.9 Å². The molecule has 1 rings (SSSR count). The molecule has 0 saturated heterocycles. The Morgan fingerprint density at radius 3 is 2.77 bits per heavy atom. The monoisotopic (exact) mass is 309 g/mol. The van der Waals surface area contributed by atoms with E-state index in [2.05, 4.69) is 5.32 Å². The number of aliphatic carboxylic acids is 1. The van der Waals surface area contributed by atoms with Crippen molar-refractivity contribution >= 4 is 11.9 Å². The molecule has 0 aliphatic heterocycles. The average Bonchev–Trinajstić information content (AvgIpc) is 2.49. The summed E-state index contributed by atoms with van der Waals surface area (Å²) in [5.41, 5.74) is 0. The standard InChI is InChI=1S/C16H20FNO4/c1-2-3-8-13(16(20)21)18-15(19)10-6-11-22-14-9-5-4-7-12(14)17/h2-5,7,9,13H,6,8,10-11H2,1H3,(H,18,19)(H,20,21)/b3-2+. The fourth-order valence-electron chi connectivity index (χ4n) is 1.74. The minimum Gasteiger partial charge on any atom is -0.491 e. The number of benzene rings is 1. The van der Waals surface area contributed by atoms with Crippen molar-refractivity contribution in [1.82, 2.24) is 5.32 Å². The van der Waals surface area contributed by atoms with E-state index in [-0.39, 0.29) is 31.1 Å². The van der Waals surface area contributed by atoms with Gasteiger partial charge in [-0.15, -0.1) is 0 Å². The van der Waals surface area contributed by atoms with E-state index in [0.29, 0.717) is 6.42 Å². The molecule has 1 atom stereocenters. The zero-order chi connectivity index (χ0) is 16.4. The van der Waals surface area contributed by atoms with Crippen LogP contribution in [0.25, 0.3) is 0 Å². The molecule has 0 aromatic heterocycles. The van der Waals surface area contributed by atoms with Crippen LogP contribution in [-0.4, -0.2) is 29.6 Å². The van der Waals surface area contributed by atoms with Crippen LogP contribution in [0.15, 0.2) is 36.4 Å². The average molecular weight is 309 g/mol. The lowest BCUT2D eigenvalue weighted by atomic mass is 10.2. The quantitative estimate of drug-likeness (QED) is 0.543. The molecule has 0 spiro atoms. The third-order valence-electron chi connectivity index (χ3n) is 2.88. The molecular weight excluding hydrogens is 289 g/mol. The van der Waals surface area contributed by atoms with Crippen molar-refractivity contribution in [2.75, 3.05) is 6.61 Å². The molecule has 22 heavy (non-hydrogen) atoms. The van der Waals surface area contributed by atoms with Gasteiger partial charge >= 0.3 is 5.97 Å². The first-order chi connectivity index (χ1) is 10.5. The topological polar surface area (TPSA) is 75.6 Å². The Hall–Kier alpha value is -2.37. The SMILES string of the molecule is C/C=C/CC(NC(=O)CCCOc1ccccc1F)C(=O)O. The second-order valence-electron chi connectivity index (χ2n) is 4.65. The molecule has 1 amide bonds. The predicted molar refractivity (Wildman–Crippen MR) is 80.1 cm³/mol. The largest absolute Gasteiger partial charge is 0.491 e. The summed E-state index contributed by atoms with van der Waals surface area (Å²) >= 11 is 0. The van der Waals surface area contributed by atoms with Crippen LogP contribution in [0.4, 0.5) is 4.39 Å². The summed E-state index contributed by atoms with van der Waals surface area (Å²) in [5.74, 6) is -1.76. The Kier molecular flexibility index (Phi) is 7.67. The predicted octanol–water partition coefficient (Wildman–Crippen LogP) is 2.52. The zero-order valence-electron chi connectivity index (χ0n) is 12.4. The number of ether oxygens (including phenoxy) is 1. The van der Waals surface area contributed by atoms with Crippen molar-refractivity contribution in [3.63, 3.8) is 0 Å². The highest BCUT2D eigenvalue weighted by atomic mass is 19.1. The molecule has 1 aromatic carbocycles. The van der Waals surface area contributed by atoms with Crippen LogP contribution in [0.2, 0.25) is 0 Å². The lowest BCUT2D eigenvalue weighted by Crippen LogP contribution is -2.40. The third kappa shape index (κ3) is 6.39. The lowest BCUT2D eigenvalue weighted by Gasteiger charge is -2.12. The molecule has 6 heteroatoms. The third-order valence-corrected chi connectivity index (χ3v) is 2.88. The number of hydrogen-bond donors (Lipinski definition) is 2. The molecule has 0 fully saturated rings.